The topological polar surface area (TPSA) is 163 Å². The van der Waals surface area contributed by atoms with E-state index >= 15 is 4.39 Å². The fraction of sp³-hybridized carbons (Fsp3) is 0.324. The summed E-state index contributed by atoms with van der Waals surface area (Å²) in [4.78, 5) is 31.7. The second-order valence-electron chi connectivity index (χ2n) is 11.6. The number of H-pyrrole nitrogens is 1. The summed E-state index contributed by atoms with van der Waals surface area (Å²) in [5, 5.41) is 21.4. The molecule has 3 heterocycles. The van der Waals surface area contributed by atoms with E-state index in [0.717, 1.165) is 21.4 Å². The normalized spacial score (nSPS) is 19.5. The van der Waals surface area contributed by atoms with Crippen molar-refractivity contribution in [3.05, 3.63) is 106 Å². The number of benzene rings is 3. The predicted octanol–water partition coefficient (Wildman–Crippen LogP) is 3.73. The van der Waals surface area contributed by atoms with Gasteiger partial charge in [-0.05, 0) is 41.0 Å². The molecule has 250 valence electrons. The van der Waals surface area contributed by atoms with E-state index in [9.17, 15) is 14.7 Å². The Morgan fingerprint density at radius 1 is 1.00 bits per heavy atom. The SMILES string of the molecule is COc1ccc(C(OC[C@H]2O[C@@H](n3nnc4c(=O)[nH]c(NC(=O)C(C)C)nc43)[C@H](O)[C@H]2F)(c2ccccc2)c2ccc(OC)cc2)cc1. The first-order valence-electron chi connectivity index (χ1n) is 15.3. The first-order valence-corrected chi connectivity index (χ1v) is 15.3. The minimum atomic E-state index is -1.92. The van der Waals surface area contributed by atoms with Crippen LogP contribution in [0.2, 0.25) is 0 Å². The maximum absolute atomic E-state index is 15.9. The number of halogens is 1. The van der Waals surface area contributed by atoms with Crippen LogP contribution >= 0.6 is 0 Å². The molecular formula is C34H35FN6O7. The van der Waals surface area contributed by atoms with Crippen molar-refractivity contribution >= 4 is 23.0 Å². The molecule has 1 saturated heterocycles. The van der Waals surface area contributed by atoms with E-state index in [1.54, 1.807) is 28.1 Å². The number of carbonyl (C=O) groups excluding carboxylic acids is 1. The number of fused-ring (bicyclic) bond motifs is 1. The van der Waals surface area contributed by atoms with E-state index in [2.05, 4.69) is 25.6 Å². The predicted molar refractivity (Wildman–Crippen MR) is 172 cm³/mol. The Kier molecular flexibility index (Phi) is 9.22. The van der Waals surface area contributed by atoms with Crippen LogP contribution in [0.15, 0.2) is 83.7 Å². The Morgan fingerprint density at radius 2 is 1.58 bits per heavy atom. The molecule has 3 aromatic carbocycles. The molecule has 2 aromatic heterocycles. The van der Waals surface area contributed by atoms with Crippen LogP contribution in [0.25, 0.3) is 11.2 Å². The summed E-state index contributed by atoms with van der Waals surface area (Å²) < 4.78 is 40.6. The first kappa shape index (κ1) is 32.7. The van der Waals surface area contributed by atoms with Crippen LogP contribution < -0.4 is 20.3 Å². The Labute approximate surface area is 274 Å². The number of nitrogens with one attached hydrogen (secondary N) is 2. The minimum absolute atomic E-state index is 0.106. The van der Waals surface area contributed by atoms with Gasteiger partial charge in [-0.3, -0.25) is 19.9 Å². The number of alkyl halides is 1. The van der Waals surface area contributed by atoms with Crippen molar-refractivity contribution in [2.75, 3.05) is 26.1 Å². The number of aromatic amines is 1. The first-order chi connectivity index (χ1) is 23.2. The highest BCUT2D eigenvalue weighted by Gasteiger charge is 2.48. The average Bonchev–Trinajstić information content (AvgIpc) is 3.66. The number of aliphatic hydroxyl groups excluding tert-OH is 1. The maximum Gasteiger partial charge on any atom is 0.282 e. The molecule has 5 aromatic rings. The number of aliphatic hydroxyl groups is 1. The molecule has 1 aliphatic heterocycles. The highest BCUT2D eigenvalue weighted by Crippen LogP contribution is 2.43. The molecule has 4 atom stereocenters. The van der Waals surface area contributed by atoms with Crippen LogP contribution in [0.3, 0.4) is 0 Å². The molecule has 3 N–H and O–H groups in total. The van der Waals surface area contributed by atoms with Crippen LogP contribution in [0, 0.1) is 5.92 Å². The summed E-state index contributed by atoms with van der Waals surface area (Å²) >= 11 is 0. The second-order valence-corrected chi connectivity index (χ2v) is 11.6. The molecule has 14 heteroatoms. The molecule has 0 bridgehead atoms. The largest absolute Gasteiger partial charge is 0.497 e. The Morgan fingerprint density at radius 3 is 2.15 bits per heavy atom. The Bertz CT molecular complexity index is 1880. The lowest BCUT2D eigenvalue weighted by atomic mass is 9.80. The third kappa shape index (κ3) is 6.01. The molecule has 0 spiro atoms. The number of ether oxygens (including phenoxy) is 4. The van der Waals surface area contributed by atoms with Crippen molar-refractivity contribution < 1.29 is 33.2 Å². The third-order valence-corrected chi connectivity index (χ3v) is 8.27. The molecule has 0 aliphatic carbocycles. The molecule has 1 fully saturated rings. The van der Waals surface area contributed by atoms with Crippen molar-refractivity contribution in [1.82, 2.24) is 25.0 Å². The summed E-state index contributed by atoms with van der Waals surface area (Å²) in [6.45, 7) is 3.05. The van der Waals surface area contributed by atoms with Crippen molar-refractivity contribution in [2.45, 2.75) is 44.1 Å². The number of aromatic nitrogens is 5. The van der Waals surface area contributed by atoms with Crippen LogP contribution in [0.5, 0.6) is 11.5 Å². The molecule has 1 aliphatic rings. The molecule has 6 rings (SSSR count). The zero-order chi connectivity index (χ0) is 34.0. The van der Waals surface area contributed by atoms with Crippen LogP contribution in [-0.2, 0) is 19.9 Å². The van der Waals surface area contributed by atoms with Crippen LogP contribution in [-0.4, -0.2) is 75.2 Å². The van der Waals surface area contributed by atoms with Crippen molar-refractivity contribution in [2.24, 2.45) is 5.92 Å². The quantitative estimate of drug-likeness (QED) is 0.178. The monoisotopic (exact) mass is 658 g/mol. The number of nitrogens with zero attached hydrogens (tertiary/aromatic N) is 4. The molecular weight excluding hydrogens is 623 g/mol. The van der Waals surface area contributed by atoms with Gasteiger partial charge in [0.15, 0.2) is 23.6 Å². The number of anilines is 1. The average molecular weight is 659 g/mol. The van der Waals surface area contributed by atoms with E-state index in [1.165, 1.54) is 0 Å². The van der Waals surface area contributed by atoms with Gasteiger partial charge < -0.3 is 24.1 Å². The van der Waals surface area contributed by atoms with Gasteiger partial charge in [-0.2, -0.15) is 9.67 Å². The van der Waals surface area contributed by atoms with E-state index < -0.39 is 35.8 Å². The molecule has 0 saturated carbocycles. The summed E-state index contributed by atoms with van der Waals surface area (Å²) in [5.41, 5.74) is -0.00637. The fourth-order valence-electron chi connectivity index (χ4n) is 5.66. The number of hydrogen-bond donors (Lipinski definition) is 3. The van der Waals surface area contributed by atoms with E-state index in [0.29, 0.717) is 11.5 Å². The summed E-state index contributed by atoms with van der Waals surface area (Å²) in [5.74, 6) is 0.365. The maximum atomic E-state index is 15.9. The number of carbonyl (C=O) groups is 1. The number of rotatable bonds is 11. The van der Waals surface area contributed by atoms with Crippen LogP contribution in [0.4, 0.5) is 10.3 Å². The molecule has 0 radical (unpaired) electrons. The lowest BCUT2D eigenvalue weighted by Gasteiger charge is -2.37. The zero-order valence-electron chi connectivity index (χ0n) is 26.7. The van der Waals surface area contributed by atoms with E-state index in [-0.39, 0.29) is 35.5 Å². The lowest BCUT2D eigenvalue weighted by molar-refractivity contribution is -0.118. The van der Waals surface area contributed by atoms with Gasteiger partial charge in [-0.1, -0.05) is 73.7 Å². The molecule has 13 nitrogen and oxygen atoms in total. The summed E-state index contributed by atoms with van der Waals surface area (Å²) in [6.07, 6.45) is -6.32. The van der Waals surface area contributed by atoms with Crippen molar-refractivity contribution in [3.63, 3.8) is 0 Å². The number of methoxy groups -OCH3 is 2. The highest BCUT2D eigenvalue weighted by atomic mass is 19.1. The second kappa shape index (κ2) is 13.5. The number of hydrogen-bond acceptors (Lipinski definition) is 10. The van der Waals surface area contributed by atoms with Crippen LogP contribution in [0.1, 0.15) is 36.8 Å². The van der Waals surface area contributed by atoms with E-state index in [4.69, 9.17) is 18.9 Å². The summed E-state index contributed by atoms with van der Waals surface area (Å²) in [7, 11) is 3.15. The fourth-order valence-corrected chi connectivity index (χ4v) is 5.66. The Hall–Kier alpha value is -5.18. The van der Waals surface area contributed by atoms with Gasteiger partial charge in [-0.25, -0.2) is 4.39 Å². The smallest absolute Gasteiger partial charge is 0.282 e. The van der Waals surface area contributed by atoms with Gasteiger partial charge >= 0.3 is 0 Å². The molecule has 0 unspecified atom stereocenters. The van der Waals surface area contributed by atoms with Gasteiger partial charge in [0.1, 0.15) is 29.3 Å². The van der Waals surface area contributed by atoms with Gasteiger partial charge in [0.25, 0.3) is 5.56 Å². The zero-order valence-corrected chi connectivity index (χ0v) is 26.7. The molecule has 48 heavy (non-hydrogen) atoms. The Balaban J connectivity index is 1.36. The van der Waals surface area contributed by atoms with Gasteiger partial charge in [0, 0.05) is 5.92 Å². The van der Waals surface area contributed by atoms with Gasteiger partial charge in [0.05, 0.1) is 20.8 Å². The van der Waals surface area contributed by atoms with Gasteiger partial charge in [0.2, 0.25) is 11.9 Å². The minimum Gasteiger partial charge on any atom is -0.497 e. The third-order valence-electron chi connectivity index (χ3n) is 8.27. The lowest BCUT2D eigenvalue weighted by Crippen LogP contribution is -2.38. The standard InChI is InChI=1S/C34H35FN6O7/c1-19(2)30(43)37-33-36-29-27(31(44)38-33)39-40-41(29)32-28(42)26(35)25(48-32)18-47-34(20-8-6-5-7-9-20,21-10-14-23(45-3)15-11-21)22-12-16-24(46-4)17-13-22/h5-17,19,25-26,28,32,42H,18H2,1-4H3,(H2,36,37,38,43,44)/t25-,26+,28-,32-/m1/s1. The summed E-state index contributed by atoms with van der Waals surface area (Å²) in [6, 6.07) is 24.2. The molecule has 1 amide bonds. The van der Waals surface area contributed by atoms with Gasteiger partial charge in [-0.15, -0.1) is 5.10 Å². The highest BCUT2D eigenvalue weighted by molar-refractivity contribution is 5.91. The van der Waals surface area contributed by atoms with Crippen molar-refractivity contribution in [3.8, 4) is 11.5 Å². The van der Waals surface area contributed by atoms with Crippen molar-refractivity contribution in [1.29, 1.82) is 0 Å². The number of amides is 1. The van der Waals surface area contributed by atoms with E-state index in [1.807, 2.05) is 78.9 Å².